The molecule has 18 heavy (non-hydrogen) atoms. The number of carbonyl (C=O) groups is 1. The molecule has 0 aliphatic carbocycles. The van der Waals surface area contributed by atoms with Crippen LogP contribution in [-0.2, 0) is 11.3 Å². The van der Waals surface area contributed by atoms with Gasteiger partial charge in [0.2, 0.25) is 0 Å². The van der Waals surface area contributed by atoms with Crippen LogP contribution < -0.4 is 5.32 Å². The predicted octanol–water partition coefficient (Wildman–Crippen LogP) is -1.11. The third kappa shape index (κ3) is 4.18. The van der Waals surface area contributed by atoms with Gasteiger partial charge < -0.3 is 15.2 Å². The van der Waals surface area contributed by atoms with Gasteiger partial charge in [-0.2, -0.15) is 0 Å². The SMILES string of the molecule is [B]C([B])(O)C([B])([B])NC(=O)OCc1ccccc1. The molecule has 0 unspecified atom stereocenters. The van der Waals surface area contributed by atoms with E-state index in [-0.39, 0.29) is 6.61 Å². The van der Waals surface area contributed by atoms with Crippen LogP contribution in [0, 0.1) is 0 Å². The third-order valence-corrected chi connectivity index (χ3v) is 2.18. The summed E-state index contributed by atoms with van der Waals surface area (Å²) >= 11 is 0. The minimum absolute atomic E-state index is 0.0241. The summed E-state index contributed by atoms with van der Waals surface area (Å²) < 4.78 is 4.83. The molecule has 0 aliphatic heterocycles. The van der Waals surface area contributed by atoms with E-state index in [0.29, 0.717) is 0 Å². The molecule has 0 spiro atoms. The van der Waals surface area contributed by atoms with Gasteiger partial charge in [0, 0.05) is 0 Å². The number of rotatable bonds is 4. The molecule has 0 atom stereocenters. The van der Waals surface area contributed by atoms with Crippen LogP contribution in [0.25, 0.3) is 0 Å². The monoisotopic (exact) mass is 235 g/mol. The second-order valence-corrected chi connectivity index (χ2v) is 3.88. The summed E-state index contributed by atoms with van der Waals surface area (Å²) in [4.78, 5) is 11.4. The standard InChI is InChI=1S/C10H9B4NO3/c11-9(12,10(13,14)17)15-8(16)18-6-7-4-2-1-3-5-7/h1-5,17H,6H2,(H,15,16). The molecule has 0 saturated heterocycles. The van der Waals surface area contributed by atoms with Gasteiger partial charge in [-0.15, -0.1) is 0 Å². The van der Waals surface area contributed by atoms with E-state index < -0.39 is 16.8 Å². The van der Waals surface area contributed by atoms with Crippen molar-refractivity contribution in [2.24, 2.45) is 0 Å². The van der Waals surface area contributed by atoms with Gasteiger partial charge in [0.1, 0.15) is 6.61 Å². The minimum Gasteiger partial charge on any atom is -0.445 e. The Morgan fingerprint density at radius 2 is 1.78 bits per heavy atom. The summed E-state index contributed by atoms with van der Waals surface area (Å²) in [5, 5.41) is 6.49. The number of benzene rings is 1. The maximum absolute atomic E-state index is 11.4. The zero-order valence-electron chi connectivity index (χ0n) is 9.67. The van der Waals surface area contributed by atoms with E-state index in [1.54, 1.807) is 24.3 Å². The van der Waals surface area contributed by atoms with Crippen LogP contribution in [0.15, 0.2) is 30.3 Å². The highest BCUT2D eigenvalue weighted by molar-refractivity contribution is 6.54. The number of hydrogen-bond donors (Lipinski definition) is 2. The molecule has 0 aromatic heterocycles. The van der Waals surface area contributed by atoms with Crippen molar-refractivity contribution in [1.82, 2.24) is 5.32 Å². The Bertz CT molecular complexity index is 405. The van der Waals surface area contributed by atoms with Gasteiger partial charge in [-0.3, -0.25) is 0 Å². The van der Waals surface area contributed by atoms with Gasteiger partial charge in [-0.25, -0.2) is 4.79 Å². The van der Waals surface area contributed by atoms with Crippen molar-refractivity contribution in [2.75, 3.05) is 0 Å². The van der Waals surface area contributed by atoms with Crippen LogP contribution in [0.3, 0.4) is 0 Å². The van der Waals surface area contributed by atoms with Crippen LogP contribution in [0.1, 0.15) is 5.56 Å². The Morgan fingerprint density at radius 1 is 1.22 bits per heavy atom. The molecule has 2 N–H and O–H groups in total. The molecule has 1 rings (SSSR count). The summed E-state index contributed by atoms with van der Waals surface area (Å²) in [5.41, 5.74) is 0.781. The maximum Gasteiger partial charge on any atom is 0.406 e. The number of hydrogen-bond acceptors (Lipinski definition) is 3. The first-order valence-corrected chi connectivity index (χ1v) is 5.09. The maximum atomic E-state index is 11.4. The zero-order chi connectivity index (χ0) is 13.8. The van der Waals surface area contributed by atoms with Crippen LogP contribution >= 0.6 is 0 Å². The van der Waals surface area contributed by atoms with Crippen molar-refractivity contribution in [1.29, 1.82) is 0 Å². The topological polar surface area (TPSA) is 58.6 Å². The molecule has 0 bridgehead atoms. The second-order valence-electron chi connectivity index (χ2n) is 3.88. The summed E-state index contributed by atoms with van der Waals surface area (Å²) in [5.74, 6) is 0. The second kappa shape index (κ2) is 5.57. The summed E-state index contributed by atoms with van der Waals surface area (Å²) in [6, 6.07) is 8.97. The van der Waals surface area contributed by atoms with E-state index in [0.717, 1.165) is 5.56 Å². The van der Waals surface area contributed by atoms with E-state index in [4.69, 9.17) is 36.1 Å². The molecule has 4 nitrogen and oxygen atoms in total. The molecule has 0 saturated carbocycles. The number of ether oxygens (including phenoxy) is 1. The first-order chi connectivity index (χ1) is 8.22. The minimum atomic E-state index is -2.47. The molecule has 1 aromatic carbocycles. The van der Waals surface area contributed by atoms with E-state index in [1.807, 2.05) is 11.4 Å². The first kappa shape index (κ1) is 14.8. The fraction of sp³-hybridized carbons (Fsp3) is 0.300. The smallest absolute Gasteiger partial charge is 0.406 e. The van der Waals surface area contributed by atoms with Crippen LogP contribution in [0.5, 0.6) is 0 Å². The Balaban J connectivity index is 2.48. The average Bonchev–Trinajstić information content (AvgIpc) is 2.26. The number of amides is 1. The summed E-state index contributed by atoms with van der Waals surface area (Å²) in [6.45, 7) is 0.0241. The van der Waals surface area contributed by atoms with Gasteiger partial charge in [0.25, 0.3) is 0 Å². The highest BCUT2D eigenvalue weighted by atomic mass is 16.5. The fourth-order valence-electron chi connectivity index (χ4n) is 1.03. The van der Waals surface area contributed by atoms with Crippen molar-refractivity contribution in [3.8, 4) is 0 Å². The lowest BCUT2D eigenvalue weighted by molar-refractivity contribution is 0.121. The lowest BCUT2D eigenvalue weighted by Gasteiger charge is -2.40. The fourth-order valence-corrected chi connectivity index (χ4v) is 1.03. The average molecular weight is 234 g/mol. The molecule has 0 fully saturated rings. The normalized spacial score (nSPS) is 11.8. The van der Waals surface area contributed by atoms with E-state index in [2.05, 4.69) is 0 Å². The molecular weight excluding hydrogens is 225 g/mol. The molecule has 1 amide bonds. The van der Waals surface area contributed by atoms with E-state index in [9.17, 15) is 9.90 Å². The quantitative estimate of drug-likeness (QED) is 0.649. The van der Waals surface area contributed by atoms with Crippen molar-refractivity contribution < 1.29 is 14.6 Å². The number of carbonyl (C=O) groups excluding carboxylic acids is 1. The highest BCUT2D eigenvalue weighted by Gasteiger charge is 2.34. The van der Waals surface area contributed by atoms with Gasteiger partial charge >= 0.3 is 6.09 Å². The Morgan fingerprint density at radius 3 is 2.28 bits per heavy atom. The van der Waals surface area contributed by atoms with Crippen molar-refractivity contribution in [3.05, 3.63) is 35.9 Å². The van der Waals surface area contributed by atoms with Crippen molar-refractivity contribution >= 4 is 37.5 Å². The lowest BCUT2D eigenvalue weighted by Crippen LogP contribution is -2.66. The van der Waals surface area contributed by atoms with E-state index in [1.165, 1.54) is 0 Å². The van der Waals surface area contributed by atoms with E-state index >= 15 is 0 Å². The zero-order valence-corrected chi connectivity index (χ0v) is 9.67. The van der Waals surface area contributed by atoms with Crippen molar-refractivity contribution in [2.45, 2.75) is 17.3 Å². The van der Waals surface area contributed by atoms with Gasteiger partial charge in [0.15, 0.2) is 0 Å². The molecule has 8 heteroatoms. The van der Waals surface area contributed by atoms with Crippen LogP contribution in [0.2, 0.25) is 0 Å². The largest absolute Gasteiger partial charge is 0.445 e. The Kier molecular flexibility index (Phi) is 4.57. The Hall–Kier alpha value is -1.29. The summed E-state index contributed by atoms with van der Waals surface area (Å²) in [7, 11) is 20.8. The third-order valence-electron chi connectivity index (χ3n) is 2.18. The first-order valence-electron chi connectivity index (χ1n) is 5.09. The molecule has 84 valence electrons. The van der Waals surface area contributed by atoms with Gasteiger partial charge in [-0.05, 0) is 16.3 Å². The summed E-state index contributed by atoms with van der Waals surface area (Å²) in [6.07, 6.45) is -0.946. The molecule has 1 aromatic rings. The van der Waals surface area contributed by atoms with Crippen LogP contribution in [-0.4, -0.2) is 53.3 Å². The number of nitrogens with one attached hydrogen (secondary N) is 1. The van der Waals surface area contributed by atoms with Crippen molar-refractivity contribution in [3.63, 3.8) is 0 Å². The van der Waals surface area contributed by atoms with Crippen LogP contribution in [0.4, 0.5) is 4.79 Å². The van der Waals surface area contributed by atoms with Gasteiger partial charge in [-0.1, -0.05) is 30.3 Å². The lowest BCUT2D eigenvalue weighted by atomic mass is 9.40. The number of aliphatic hydroxyl groups is 1. The highest BCUT2D eigenvalue weighted by Crippen LogP contribution is 2.09. The molecule has 0 aliphatic rings. The number of alkyl carbamates (subject to hydrolysis) is 1. The predicted molar refractivity (Wildman–Crippen MR) is 70.5 cm³/mol. The molecule has 0 heterocycles. The molecule has 8 radical (unpaired) electrons. The Labute approximate surface area is 111 Å². The molecular formula is C10H9B4NO3. The van der Waals surface area contributed by atoms with Gasteiger partial charge in [0.05, 0.1) is 31.4 Å².